The SMILES string of the molecule is Cc1nc(-c2cccs2)sc1CC(C)CN. The second-order valence-electron chi connectivity index (χ2n) is 4.05. The Hall–Kier alpha value is -0.710. The highest BCUT2D eigenvalue weighted by Gasteiger charge is 2.12. The highest BCUT2D eigenvalue weighted by Crippen LogP contribution is 2.31. The van der Waals surface area contributed by atoms with E-state index in [0.717, 1.165) is 23.7 Å². The molecule has 2 N–H and O–H groups in total. The zero-order valence-electron chi connectivity index (χ0n) is 9.56. The van der Waals surface area contributed by atoms with Crippen LogP contribution in [-0.4, -0.2) is 11.5 Å². The van der Waals surface area contributed by atoms with Gasteiger partial charge in [-0.1, -0.05) is 13.0 Å². The van der Waals surface area contributed by atoms with Crippen LogP contribution in [0, 0.1) is 12.8 Å². The van der Waals surface area contributed by atoms with Crippen molar-refractivity contribution in [1.29, 1.82) is 0 Å². The molecular weight excluding hydrogens is 236 g/mol. The molecule has 2 heterocycles. The van der Waals surface area contributed by atoms with Gasteiger partial charge in [-0.3, -0.25) is 0 Å². The van der Waals surface area contributed by atoms with Gasteiger partial charge in [0.15, 0.2) is 0 Å². The van der Waals surface area contributed by atoms with E-state index in [0.29, 0.717) is 5.92 Å². The van der Waals surface area contributed by atoms with Crippen molar-refractivity contribution in [3.8, 4) is 9.88 Å². The normalized spacial score (nSPS) is 12.9. The van der Waals surface area contributed by atoms with Gasteiger partial charge in [0.25, 0.3) is 0 Å². The van der Waals surface area contributed by atoms with Gasteiger partial charge in [0, 0.05) is 4.88 Å². The maximum absolute atomic E-state index is 5.66. The van der Waals surface area contributed by atoms with Crippen molar-refractivity contribution >= 4 is 22.7 Å². The Morgan fingerprint density at radius 3 is 2.94 bits per heavy atom. The molecule has 0 aliphatic heterocycles. The van der Waals surface area contributed by atoms with Gasteiger partial charge < -0.3 is 5.73 Å². The summed E-state index contributed by atoms with van der Waals surface area (Å²) < 4.78 is 0. The van der Waals surface area contributed by atoms with Gasteiger partial charge in [0.1, 0.15) is 5.01 Å². The molecule has 0 fully saturated rings. The number of nitrogens with zero attached hydrogens (tertiary/aromatic N) is 1. The molecule has 0 radical (unpaired) electrons. The molecule has 0 amide bonds. The van der Waals surface area contributed by atoms with Crippen LogP contribution in [0.2, 0.25) is 0 Å². The molecule has 2 nitrogen and oxygen atoms in total. The number of aromatic nitrogens is 1. The second kappa shape index (κ2) is 5.08. The molecule has 0 aliphatic carbocycles. The summed E-state index contributed by atoms with van der Waals surface area (Å²) in [7, 11) is 0. The summed E-state index contributed by atoms with van der Waals surface area (Å²) >= 11 is 3.55. The van der Waals surface area contributed by atoms with E-state index < -0.39 is 0 Å². The smallest absolute Gasteiger partial charge is 0.133 e. The van der Waals surface area contributed by atoms with E-state index in [1.165, 1.54) is 9.75 Å². The molecule has 0 saturated carbocycles. The first-order valence-corrected chi connectivity index (χ1v) is 7.10. The summed E-state index contributed by atoms with van der Waals surface area (Å²) in [4.78, 5) is 7.27. The summed E-state index contributed by atoms with van der Waals surface area (Å²) in [5, 5.41) is 3.24. The molecule has 4 heteroatoms. The number of nitrogens with two attached hydrogens (primary N) is 1. The van der Waals surface area contributed by atoms with E-state index in [1.54, 1.807) is 22.7 Å². The van der Waals surface area contributed by atoms with Gasteiger partial charge >= 0.3 is 0 Å². The van der Waals surface area contributed by atoms with E-state index >= 15 is 0 Å². The lowest BCUT2D eigenvalue weighted by atomic mass is 10.1. The predicted molar refractivity (Wildman–Crippen MR) is 72.1 cm³/mol. The Bertz CT molecular complexity index is 446. The quantitative estimate of drug-likeness (QED) is 0.906. The van der Waals surface area contributed by atoms with Gasteiger partial charge in [-0.15, -0.1) is 22.7 Å². The fourth-order valence-electron chi connectivity index (χ4n) is 1.52. The van der Waals surface area contributed by atoms with Crippen LogP contribution in [0.5, 0.6) is 0 Å². The molecule has 86 valence electrons. The Morgan fingerprint density at radius 1 is 1.50 bits per heavy atom. The fraction of sp³-hybridized carbons (Fsp3) is 0.417. The van der Waals surface area contributed by atoms with Gasteiger partial charge in [0.05, 0.1) is 10.6 Å². The van der Waals surface area contributed by atoms with Crippen molar-refractivity contribution in [1.82, 2.24) is 4.98 Å². The van der Waals surface area contributed by atoms with Gasteiger partial charge in [-0.05, 0) is 37.3 Å². The summed E-state index contributed by atoms with van der Waals surface area (Å²) in [6, 6.07) is 4.19. The van der Waals surface area contributed by atoms with Crippen molar-refractivity contribution < 1.29 is 0 Å². The first kappa shape index (κ1) is 11.8. The maximum atomic E-state index is 5.66. The van der Waals surface area contributed by atoms with Crippen LogP contribution in [0.1, 0.15) is 17.5 Å². The monoisotopic (exact) mass is 252 g/mol. The Balaban J connectivity index is 2.22. The molecule has 1 unspecified atom stereocenters. The van der Waals surface area contributed by atoms with E-state index in [1.807, 2.05) is 0 Å². The Labute approximate surface area is 104 Å². The fourth-order valence-corrected chi connectivity index (χ4v) is 3.55. The van der Waals surface area contributed by atoms with Crippen molar-refractivity contribution in [2.45, 2.75) is 20.3 Å². The topological polar surface area (TPSA) is 38.9 Å². The lowest BCUT2D eigenvalue weighted by Crippen LogP contribution is -2.12. The molecule has 0 aliphatic rings. The first-order valence-electron chi connectivity index (χ1n) is 5.41. The number of hydrogen-bond donors (Lipinski definition) is 1. The molecule has 0 saturated heterocycles. The summed E-state index contributed by atoms with van der Waals surface area (Å²) in [6.45, 7) is 5.02. The minimum absolute atomic E-state index is 0.537. The van der Waals surface area contributed by atoms with Crippen LogP contribution >= 0.6 is 22.7 Å². The maximum Gasteiger partial charge on any atom is 0.133 e. The number of aryl methyl sites for hydroxylation is 1. The Kier molecular flexibility index (Phi) is 3.74. The third kappa shape index (κ3) is 2.51. The van der Waals surface area contributed by atoms with E-state index in [2.05, 4.69) is 36.3 Å². The molecule has 2 rings (SSSR count). The predicted octanol–water partition coefficient (Wildman–Crippen LogP) is 3.32. The lowest BCUT2D eigenvalue weighted by Gasteiger charge is -2.05. The molecule has 2 aromatic rings. The zero-order valence-corrected chi connectivity index (χ0v) is 11.2. The number of thiophene rings is 1. The van der Waals surface area contributed by atoms with Gasteiger partial charge in [-0.2, -0.15) is 0 Å². The molecule has 0 bridgehead atoms. The lowest BCUT2D eigenvalue weighted by molar-refractivity contribution is 0.596. The van der Waals surface area contributed by atoms with Crippen LogP contribution < -0.4 is 5.73 Å². The van der Waals surface area contributed by atoms with E-state index in [-0.39, 0.29) is 0 Å². The number of hydrogen-bond acceptors (Lipinski definition) is 4. The second-order valence-corrected chi connectivity index (χ2v) is 6.08. The van der Waals surface area contributed by atoms with Crippen molar-refractivity contribution in [3.05, 3.63) is 28.1 Å². The van der Waals surface area contributed by atoms with Gasteiger partial charge in [0.2, 0.25) is 0 Å². The summed E-state index contributed by atoms with van der Waals surface area (Å²) in [6.07, 6.45) is 1.05. The average molecular weight is 252 g/mol. The number of thiazole rings is 1. The molecule has 0 aromatic carbocycles. The highest BCUT2D eigenvalue weighted by atomic mass is 32.1. The summed E-state index contributed by atoms with van der Waals surface area (Å²) in [5.74, 6) is 0.537. The van der Waals surface area contributed by atoms with Gasteiger partial charge in [-0.25, -0.2) is 4.98 Å². The molecule has 16 heavy (non-hydrogen) atoms. The molecule has 0 spiro atoms. The highest BCUT2D eigenvalue weighted by molar-refractivity contribution is 7.21. The van der Waals surface area contributed by atoms with Crippen LogP contribution in [0.15, 0.2) is 17.5 Å². The minimum atomic E-state index is 0.537. The standard InChI is InChI=1S/C12H16N2S2/c1-8(7-13)6-11-9(2)14-12(16-11)10-4-3-5-15-10/h3-5,8H,6-7,13H2,1-2H3. The van der Waals surface area contributed by atoms with Crippen molar-refractivity contribution in [2.75, 3.05) is 6.54 Å². The first-order chi connectivity index (χ1) is 7.70. The van der Waals surface area contributed by atoms with Crippen molar-refractivity contribution in [3.63, 3.8) is 0 Å². The zero-order chi connectivity index (χ0) is 11.5. The van der Waals surface area contributed by atoms with Crippen LogP contribution in [0.4, 0.5) is 0 Å². The molecule has 2 aromatic heterocycles. The molecule has 1 atom stereocenters. The van der Waals surface area contributed by atoms with Crippen LogP contribution in [0.3, 0.4) is 0 Å². The average Bonchev–Trinajstić information content (AvgIpc) is 2.88. The van der Waals surface area contributed by atoms with Crippen molar-refractivity contribution in [2.24, 2.45) is 11.7 Å². The van der Waals surface area contributed by atoms with E-state index in [9.17, 15) is 0 Å². The molecular formula is C12H16N2S2. The third-order valence-electron chi connectivity index (χ3n) is 2.56. The van der Waals surface area contributed by atoms with Crippen LogP contribution in [-0.2, 0) is 6.42 Å². The largest absolute Gasteiger partial charge is 0.330 e. The summed E-state index contributed by atoms with van der Waals surface area (Å²) in [5.41, 5.74) is 6.82. The minimum Gasteiger partial charge on any atom is -0.330 e. The third-order valence-corrected chi connectivity index (χ3v) is 4.78. The van der Waals surface area contributed by atoms with Crippen LogP contribution in [0.25, 0.3) is 9.88 Å². The Morgan fingerprint density at radius 2 is 2.31 bits per heavy atom. The van der Waals surface area contributed by atoms with E-state index in [4.69, 9.17) is 5.73 Å². The number of rotatable bonds is 4.